The Balaban J connectivity index is 1.73. The van der Waals surface area contributed by atoms with Crippen molar-refractivity contribution >= 4 is 45.0 Å². The average Bonchev–Trinajstić information content (AvgIpc) is 2.78. The van der Waals surface area contributed by atoms with Gasteiger partial charge in [-0.25, -0.2) is 8.42 Å². The highest BCUT2D eigenvalue weighted by Crippen LogP contribution is 2.30. The molecule has 0 spiro atoms. The van der Waals surface area contributed by atoms with E-state index in [1.807, 2.05) is 25.6 Å². The molecule has 0 aliphatic heterocycles. The number of halogens is 1. The van der Waals surface area contributed by atoms with Gasteiger partial charge in [-0.05, 0) is 56.5 Å². The molecule has 0 unspecified atom stereocenters. The molecular weight excluding hydrogens is 464 g/mol. The number of sulfonamides is 1. The molecule has 1 saturated carbocycles. The fourth-order valence-corrected chi connectivity index (χ4v) is 6.69. The van der Waals surface area contributed by atoms with Crippen LogP contribution in [0.5, 0.6) is 0 Å². The third-order valence-electron chi connectivity index (χ3n) is 5.67. The first kappa shape index (κ1) is 24.9. The summed E-state index contributed by atoms with van der Waals surface area (Å²) in [6.45, 7) is 3.93. The number of benzene rings is 2. The Morgan fingerprint density at radius 3 is 2.47 bits per heavy atom. The minimum Gasteiger partial charge on any atom is -0.354 e. The quantitative estimate of drug-likeness (QED) is 0.478. The largest absolute Gasteiger partial charge is 0.354 e. The first-order valence-electron chi connectivity index (χ1n) is 11.0. The van der Waals surface area contributed by atoms with Crippen LogP contribution in [0.4, 0.5) is 5.69 Å². The maximum absolute atomic E-state index is 13.5. The van der Waals surface area contributed by atoms with Gasteiger partial charge >= 0.3 is 0 Å². The van der Waals surface area contributed by atoms with E-state index >= 15 is 0 Å². The number of rotatable bonds is 9. The summed E-state index contributed by atoms with van der Waals surface area (Å²) in [5.41, 5.74) is 2.10. The van der Waals surface area contributed by atoms with E-state index in [4.69, 9.17) is 11.6 Å². The van der Waals surface area contributed by atoms with Crippen LogP contribution in [0.1, 0.15) is 43.2 Å². The molecule has 1 aliphatic carbocycles. The van der Waals surface area contributed by atoms with Crippen molar-refractivity contribution in [2.45, 2.75) is 56.1 Å². The van der Waals surface area contributed by atoms with Crippen molar-refractivity contribution in [2.24, 2.45) is 0 Å². The summed E-state index contributed by atoms with van der Waals surface area (Å²) >= 11 is 8.06. The molecule has 3 rings (SSSR count). The Hall–Kier alpha value is -1.70. The van der Waals surface area contributed by atoms with Gasteiger partial charge < -0.3 is 5.32 Å². The van der Waals surface area contributed by atoms with Crippen molar-refractivity contribution in [3.05, 3.63) is 58.6 Å². The van der Waals surface area contributed by atoms with Gasteiger partial charge in [0.1, 0.15) is 6.54 Å². The lowest BCUT2D eigenvalue weighted by Crippen LogP contribution is -2.41. The molecule has 0 radical (unpaired) electrons. The average molecular weight is 495 g/mol. The van der Waals surface area contributed by atoms with E-state index in [-0.39, 0.29) is 17.3 Å². The molecule has 8 heteroatoms. The van der Waals surface area contributed by atoms with Crippen molar-refractivity contribution in [3.63, 3.8) is 0 Å². The summed E-state index contributed by atoms with van der Waals surface area (Å²) in [7, 11) is -3.94. The SMILES string of the molecule is Cc1ccc(S(=O)(=O)N(CC(=O)NCCSC2CCCCC2)c2cc(Cl)ccc2C)cc1. The van der Waals surface area contributed by atoms with Crippen LogP contribution in [0, 0.1) is 13.8 Å². The molecule has 5 nitrogen and oxygen atoms in total. The van der Waals surface area contributed by atoms with E-state index in [9.17, 15) is 13.2 Å². The van der Waals surface area contributed by atoms with Crippen molar-refractivity contribution in [1.29, 1.82) is 0 Å². The molecular formula is C24H31ClN2O3S2. The Morgan fingerprint density at radius 1 is 1.09 bits per heavy atom. The van der Waals surface area contributed by atoms with Gasteiger partial charge in [-0.3, -0.25) is 9.10 Å². The van der Waals surface area contributed by atoms with E-state index in [1.165, 1.54) is 32.1 Å². The molecule has 2 aromatic rings. The third-order valence-corrected chi connectivity index (χ3v) is 9.06. The van der Waals surface area contributed by atoms with Gasteiger partial charge in [0, 0.05) is 22.6 Å². The fourth-order valence-electron chi connectivity index (χ4n) is 3.82. The van der Waals surface area contributed by atoms with Crippen LogP contribution in [0.15, 0.2) is 47.4 Å². The third kappa shape index (κ3) is 6.65. The molecule has 0 aromatic heterocycles. The maximum atomic E-state index is 13.5. The van der Waals surface area contributed by atoms with Crippen LogP contribution < -0.4 is 9.62 Å². The molecule has 0 heterocycles. The number of aryl methyl sites for hydroxylation is 2. The molecule has 0 saturated heterocycles. The summed E-state index contributed by atoms with van der Waals surface area (Å²) in [5.74, 6) is 0.501. The molecule has 1 N–H and O–H groups in total. The van der Waals surface area contributed by atoms with E-state index in [2.05, 4.69) is 5.32 Å². The smallest absolute Gasteiger partial charge is 0.264 e. The standard InChI is InChI=1S/C24H31ClN2O3S2/c1-18-8-12-22(13-9-18)32(29,30)27(23-16-20(25)11-10-19(23)2)17-24(28)26-14-15-31-21-6-4-3-5-7-21/h8-13,16,21H,3-7,14-15,17H2,1-2H3,(H,26,28). The lowest BCUT2D eigenvalue weighted by Gasteiger charge is -2.26. The van der Waals surface area contributed by atoms with Gasteiger partial charge in [-0.15, -0.1) is 0 Å². The van der Waals surface area contributed by atoms with Crippen molar-refractivity contribution in [3.8, 4) is 0 Å². The second-order valence-electron chi connectivity index (χ2n) is 8.24. The van der Waals surface area contributed by atoms with E-state index in [0.717, 1.165) is 21.2 Å². The van der Waals surface area contributed by atoms with Crippen LogP contribution >= 0.6 is 23.4 Å². The molecule has 32 heavy (non-hydrogen) atoms. The predicted molar refractivity (Wildman–Crippen MR) is 134 cm³/mol. The molecule has 2 aromatic carbocycles. The zero-order valence-electron chi connectivity index (χ0n) is 18.6. The zero-order chi connectivity index (χ0) is 23.1. The molecule has 1 aliphatic rings. The number of anilines is 1. The monoisotopic (exact) mass is 494 g/mol. The van der Waals surface area contributed by atoms with Crippen LogP contribution in [0.25, 0.3) is 0 Å². The summed E-state index contributed by atoms with van der Waals surface area (Å²) in [6, 6.07) is 11.7. The van der Waals surface area contributed by atoms with Gasteiger partial charge in [0.15, 0.2) is 0 Å². The highest BCUT2D eigenvalue weighted by Gasteiger charge is 2.28. The van der Waals surface area contributed by atoms with Gasteiger partial charge in [0.2, 0.25) is 5.91 Å². The fraction of sp³-hybridized carbons (Fsp3) is 0.458. The Bertz CT molecular complexity index is 1020. The van der Waals surface area contributed by atoms with E-state index in [1.54, 1.807) is 42.5 Å². The van der Waals surface area contributed by atoms with Gasteiger partial charge in [-0.2, -0.15) is 11.8 Å². The van der Waals surface area contributed by atoms with E-state index in [0.29, 0.717) is 22.5 Å². The number of hydrogen-bond acceptors (Lipinski definition) is 4. The minimum atomic E-state index is -3.94. The number of carbonyl (C=O) groups is 1. The number of amides is 1. The summed E-state index contributed by atoms with van der Waals surface area (Å²) < 4.78 is 28.1. The molecule has 1 amide bonds. The van der Waals surface area contributed by atoms with Crippen molar-refractivity contribution < 1.29 is 13.2 Å². The van der Waals surface area contributed by atoms with Gasteiger partial charge in [0.25, 0.3) is 10.0 Å². The highest BCUT2D eigenvalue weighted by atomic mass is 35.5. The predicted octanol–water partition coefficient (Wildman–Crippen LogP) is 5.33. The lowest BCUT2D eigenvalue weighted by molar-refractivity contribution is -0.119. The van der Waals surface area contributed by atoms with Crippen molar-refractivity contribution in [2.75, 3.05) is 23.1 Å². The van der Waals surface area contributed by atoms with Gasteiger partial charge in [0.05, 0.1) is 10.6 Å². The first-order chi connectivity index (χ1) is 15.3. The number of thioether (sulfide) groups is 1. The molecule has 0 bridgehead atoms. The first-order valence-corrected chi connectivity index (χ1v) is 13.9. The highest BCUT2D eigenvalue weighted by molar-refractivity contribution is 7.99. The summed E-state index contributed by atoms with van der Waals surface area (Å²) in [4.78, 5) is 12.9. The molecule has 0 atom stereocenters. The number of hydrogen-bond donors (Lipinski definition) is 1. The van der Waals surface area contributed by atoms with Crippen LogP contribution in [0.3, 0.4) is 0 Å². The van der Waals surface area contributed by atoms with Crippen LogP contribution in [0.2, 0.25) is 5.02 Å². The Morgan fingerprint density at radius 2 is 1.78 bits per heavy atom. The second kappa shape index (κ2) is 11.4. The Labute approximate surface area is 201 Å². The topological polar surface area (TPSA) is 66.5 Å². The molecule has 174 valence electrons. The Kier molecular flexibility index (Phi) is 8.91. The van der Waals surface area contributed by atoms with Gasteiger partial charge in [-0.1, -0.05) is 54.6 Å². The zero-order valence-corrected chi connectivity index (χ0v) is 21.0. The number of nitrogens with zero attached hydrogens (tertiary/aromatic N) is 1. The number of carbonyl (C=O) groups excluding carboxylic acids is 1. The minimum absolute atomic E-state index is 0.142. The van der Waals surface area contributed by atoms with E-state index < -0.39 is 10.0 Å². The lowest BCUT2D eigenvalue weighted by atomic mass is 10.0. The molecule has 1 fully saturated rings. The number of nitrogens with one attached hydrogen (secondary N) is 1. The normalized spacial score (nSPS) is 14.8. The van der Waals surface area contributed by atoms with Crippen molar-refractivity contribution in [1.82, 2.24) is 5.32 Å². The summed E-state index contributed by atoms with van der Waals surface area (Å²) in [6.07, 6.45) is 6.39. The van der Waals surface area contributed by atoms with Crippen LogP contribution in [-0.2, 0) is 14.8 Å². The maximum Gasteiger partial charge on any atom is 0.264 e. The summed E-state index contributed by atoms with van der Waals surface area (Å²) in [5, 5.41) is 3.98. The van der Waals surface area contributed by atoms with Crippen LogP contribution in [-0.4, -0.2) is 38.4 Å². The second-order valence-corrected chi connectivity index (χ2v) is 11.9.